The van der Waals surface area contributed by atoms with Crippen molar-refractivity contribution in [3.05, 3.63) is 68.5 Å². The van der Waals surface area contributed by atoms with Crippen molar-refractivity contribution in [3.8, 4) is 5.88 Å². The molecular weight excluding hydrogens is 422 g/mol. The van der Waals surface area contributed by atoms with Gasteiger partial charge in [0.2, 0.25) is 11.0 Å². The number of benzene rings is 2. The molecule has 142 valence electrons. The molecule has 0 bridgehead atoms. The van der Waals surface area contributed by atoms with Gasteiger partial charge in [0.05, 0.1) is 15.8 Å². The number of hydrogen-bond acceptors (Lipinski definition) is 6. The fourth-order valence-corrected chi connectivity index (χ4v) is 5.03. The molecule has 1 amide bonds. The molecule has 2 heterocycles. The van der Waals surface area contributed by atoms with Crippen molar-refractivity contribution >= 4 is 49.6 Å². The van der Waals surface area contributed by atoms with Crippen LogP contribution in [-0.4, -0.2) is 24.4 Å². The Bertz CT molecular complexity index is 1350. The van der Waals surface area contributed by atoms with Crippen molar-refractivity contribution in [2.45, 2.75) is 11.8 Å². The molecule has 0 fully saturated rings. The van der Waals surface area contributed by atoms with Crippen molar-refractivity contribution in [1.29, 1.82) is 0 Å². The Morgan fingerprint density at radius 2 is 1.86 bits per heavy atom. The normalized spacial score (nSPS) is 13.4. The Morgan fingerprint density at radius 3 is 2.57 bits per heavy atom. The van der Waals surface area contributed by atoms with Gasteiger partial charge < -0.3 is 5.11 Å². The van der Waals surface area contributed by atoms with Crippen LogP contribution >= 0.6 is 22.9 Å². The highest BCUT2D eigenvalue weighted by Crippen LogP contribution is 2.35. The predicted molar refractivity (Wildman–Crippen MR) is 106 cm³/mol. The lowest BCUT2D eigenvalue weighted by molar-refractivity contribution is -0.112. The maximum atomic E-state index is 12.5. The summed E-state index contributed by atoms with van der Waals surface area (Å²) in [6.07, 6.45) is 0. The molecule has 0 aliphatic carbocycles. The van der Waals surface area contributed by atoms with Gasteiger partial charge >= 0.3 is 0 Å². The largest absolute Gasteiger partial charge is 0.492 e. The Hall–Kier alpha value is -2.75. The third-order valence-corrected chi connectivity index (χ3v) is 6.75. The molecule has 0 saturated carbocycles. The van der Waals surface area contributed by atoms with Gasteiger partial charge in [0.15, 0.2) is 0 Å². The van der Waals surface area contributed by atoms with E-state index in [9.17, 15) is 18.3 Å². The minimum atomic E-state index is -3.89. The minimum absolute atomic E-state index is 0.0612. The van der Waals surface area contributed by atoms with E-state index in [1.54, 1.807) is 30.3 Å². The van der Waals surface area contributed by atoms with Gasteiger partial charge in [-0.05, 0) is 37.3 Å². The smallest absolute Gasteiger partial charge is 0.279 e. The average Bonchev–Trinajstić information content (AvgIpc) is 3.12. The van der Waals surface area contributed by atoms with E-state index in [2.05, 4.69) is 14.7 Å². The number of nitrogens with one attached hydrogen (secondary N) is 1. The number of anilines is 1. The molecule has 0 atom stereocenters. The summed E-state index contributed by atoms with van der Waals surface area (Å²) in [4.78, 5) is 20.3. The lowest BCUT2D eigenvalue weighted by atomic mass is 10.1. The number of carbonyl (C=O) groups excluding carboxylic acids is 1. The Morgan fingerprint density at radius 1 is 1.14 bits per heavy atom. The number of carbonyl (C=O) groups is 1. The summed E-state index contributed by atoms with van der Waals surface area (Å²) in [6, 6.07) is 11.1. The Kier molecular flexibility index (Phi) is 4.45. The third-order valence-electron chi connectivity index (χ3n) is 4.05. The topological polar surface area (TPSA) is 109 Å². The number of sulfonamides is 1. The summed E-state index contributed by atoms with van der Waals surface area (Å²) >= 11 is 6.84. The third kappa shape index (κ3) is 3.28. The molecule has 1 aliphatic heterocycles. The van der Waals surface area contributed by atoms with Crippen LogP contribution in [-0.2, 0) is 14.8 Å². The number of thiazole rings is 1. The van der Waals surface area contributed by atoms with Crippen molar-refractivity contribution in [2.24, 2.45) is 4.99 Å². The highest BCUT2D eigenvalue weighted by atomic mass is 35.5. The second-order valence-corrected chi connectivity index (χ2v) is 9.16. The molecule has 2 N–H and O–H groups in total. The molecule has 7 nitrogen and oxygen atoms in total. The van der Waals surface area contributed by atoms with Gasteiger partial charge in [0.1, 0.15) is 4.88 Å². The van der Waals surface area contributed by atoms with Crippen molar-refractivity contribution < 1.29 is 18.3 Å². The molecule has 10 heteroatoms. The summed E-state index contributed by atoms with van der Waals surface area (Å²) in [7, 11) is -3.89. The van der Waals surface area contributed by atoms with E-state index < -0.39 is 21.8 Å². The lowest BCUT2D eigenvalue weighted by Gasteiger charge is -2.05. The first-order chi connectivity index (χ1) is 13.2. The van der Waals surface area contributed by atoms with Crippen molar-refractivity contribution in [3.63, 3.8) is 0 Å². The van der Waals surface area contributed by atoms with E-state index in [0.717, 1.165) is 16.9 Å². The van der Waals surface area contributed by atoms with E-state index in [-0.39, 0.29) is 20.5 Å². The molecule has 1 aliphatic rings. The van der Waals surface area contributed by atoms with Crippen LogP contribution in [0.15, 0.2) is 52.4 Å². The maximum Gasteiger partial charge on any atom is 0.279 e. The number of aromatic nitrogens is 1. The first kappa shape index (κ1) is 18.6. The number of halogens is 1. The summed E-state index contributed by atoms with van der Waals surface area (Å²) in [5, 5.41) is 11.5. The SMILES string of the molecule is Cc1ccc(S(=O)(=O)Nc2nc(O)c(C3=c4cc(Cl)ccc4=NC3=O)s2)cc1. The van der Waals surface area contributed by atoms with Crippen LogP contribution in [0.25, 0.3) is 5.57 Å². The predicted octanol–water partition coefficient (Wildman–Crippen LogP) is 1.97. The summed E-state index contributed by atoms with van der Waals surface area (Å²) in [5.41, 5.74) is 1.05. The highest BCUT2D eigenvalue weighted by Gasteiger charge is 2.26. The van der Waals surface area contributed by atoms with Gasteiger partial charge in [0, 0.05) is 10.2 Å². The molecular formula is C18H12ClN3O4S2. The summed E-state index contributed by atoms with van der Waals surface area (Å²) < 4.78 is 27.4. The monoisotopic (exact) mass is 433 g/mol. The summed E-state index contributed by atoms with van der Waals surface area (Å²) in [6.45, 7) is 1.85. The van der Waals surface area contributed by atoms with Crippen LogP contribution in [0, 0.1) is 6.92 Å². The van der Waals surface area contributed by atoms with Crippen molar-refractivity contribution in [2.75, 3.05) is 4.72 Å². The number of rotatable bonds is 4. The number of aromatic hydroxyl groups is 1. The van der Waals surface area contributed by atoms with Crippen LogP contribution in [0.3, 0.4) is 0 Å². The van der Waals surface area contributed by atoms with Gasteiger partial charge in [-0.2, -0.15) is 4.98 Å². The van der Waals surface area contributed by atoms with E-state index in [4.69, 9.17) is 11.6 Å². The van der Waals surface area contributed by atoms with E-state index >= 15 is 0 Å². The average molecular weight is 434 g/mol. The zero-order chi connectivity index (χ0) is 20.1. The summed E-state index contributed by atoms with van der Waals surface area (Å²) in [5.74, 6) is -1.01. The van der Waals surface area contributed by atoms with Crippen LogP contribution < -0.4 is 15.3 Å². The van der Waals surface area contributed by atoms with Gasteiger partial charge in [0.25, 0.3) is 15.9 Å². The van der Waals surface area contributed by atoms with Crippen LogP contribution in [0.1, 0.15) is 10.4 Å². The Labute approximate surface area is 168 Å². The highest BCUT2D eigenvalue weighted by molar-refractivity contribution is 7.93. The number of nitrogens with zero attached hydrogens (tertiary/aromatic N) is 2. The number of fused-ring (bicyclic) bond motifs is 1. The van der Waals surface area contributed by atoms with E-state index in [1.807, 2.05) is 6.92 Å². The quantitative estimate of drug-likeness (QED) is 0.653. The number of hydrogen-bond donors (Lipinski definition) is 2. The fourth-order valence-electron chi connectivity index (χ4n) is 2.72. The lowest BCUT2D eigenvalue weighted by Crippen LogP contribution is -2.22. The zero-order valence-electron chi connectivity index (χ0n) is 14.3. The molecule has 0 unspecified atom stereocenters. The van der Waals surface area contributed by atoms with Crippen molar-refractivity contribution in [1.82, 2.24) is 4.98 Å². The van der Waals surface area contributed by atoms with E-state index in [0.29, 0.717) is 15.6 Å². The van der Waals surface area contributed by atoms with Gasteiger partial charge in [-0.25, -0.2) is 13.4 Å². The first-order valence-electron chi connectivity index (χ1n) is 7.97. The molecule has 2 aromatic carbocycles. The minimum Gasteiger partial charge on any atom is -0.492 e. The number of aryl methyl sites for hydroxylation is 1. The molecule has 0 spiro atoms. The van der Waals surface area contributed by atoms with Crippen LogP contribution in [0.2, 0.25) is 5.02 Å². The van der Waals surface area contributed by atoms with Gasteiger partial charge in [-0.3, -0.25) is 9.52 Å². The fraction of sp³-hybridized carbons (Fsp3) is 0.0556. The molecule has 1 aromatic heterocycles. The molecule has 28 heavy (non-hydrogen) atoms. The second-order valence-electron chi connectivity index (χ2n) is 6.04. The van der Waals surface area contributed by atoms with Gasteiger partial charge in [-0.15, -0.1) is 0 Å². The Balaban J connectivity index is 1.76. The first-order valence-corrected chi connectivity index (χ1v) is 10.6. The van der Waals surface area contributed by atoms with E-state index in [1.165, 1.54) is 12.1 Å². The molecule has 3 aromatic rings. The zero-order valence-corrected chi connectivity index (χ0v) is 16.7. The van der Waals surface area contributed by atoms with Gasteiger partial charge in [-0.1, -0.05) is 40.6 Å². The standard InChI is InChI=1S/C18H12ClN3O4S2/c1-9-2-5-11(6-3-9)28(25,26)22-18-21-17(24)15(27-18)14-12-8-10(19)4-7-13(12)20-16(14)23/h2-8,24H,1H3,(H,21,22). The maximum absolute atomic E-state index is 12.5. The van der Waals surface area contributed by atoms with Crippen LogP contribution in [0.5, 0.6) is 5.88 Å². The van der Waals surface area contributed by atoms with Crippen LogP contribution in [0.4, 0.5) is 5.13 Å². The number of amides is 1. The second kappa shape index (κ2) is 6.69. The molecule has 4 rings (SSSR count). The molecule has 0 radical (unpaired) electrons. The molecule has 0 saturated heterocycles.